The molecule has 2 saturated heterocycles. The standard InChI is InChI=1S/2C24H25FN2O3S.2C2H2O4/c2*1-15-12-16(24-26-23-19(25)4-2-7-22(23)31-24)8-10-27(15)13-17(28)14-30-21-6-3-5-20-18(21)9-11-29-20;2*3-1(4)2(5)6/h2*2-7,9,11,15-17,28H,8,10,12-14H2,1H3;2*(H,3,4)(H,5,6)/t15-,16+,17+;15-,16+,17-;;/m10../s1. The number of fused-ring (bicyclic) bond motifs is 4. The Morgan fingerprint density at radius 1 is 0.608 bits per heavy atom. The lowest BCUT2D eigenvalue weighted by Crippen LogP contribution is -2.45. The Labute approximate surface area is 429 Å². The summed E-state index contributed by atoms with van der Waals surface area (Å²) < 4.78 is 52.4. The lowest BCUT2D eigenvalue weighted by molar-refractivity contribution is -0.159. The Morgan fingerprint density at radius 2 is 0.986 bits per heavy atom. The van der Waals surface area contributed by atoms with Crippen molar-refractivity contribution in [1.29, 1.82) is 0 Å². The molecule has 22 heteroatoms. The predicted molar refractivity (Wildman–Crippen MR) is 271 cm³/mol. The first-order valence-electron chi connectivity index (χ1n) is 23.5. The molecule has 392 valence electrons. The number of likely N-dealkylation sites (tertiary alicyclic amines) is 2. The molecular formula is C52H54F2N4O14S2. The Bertz CT molecular complexity index is 2960. The highest BCUT2D eigenvalue weighted by molar-refractivity contribution is 7.19. The second-order valence-corrected chi connectivity index (χ2v) is 19.9. The quantitative estimate of drug-likeness (QED) is 0.0625. The van der Waals surface area contributed by atoms with Gasteiger partial charge in [0.05, 0.1) is 42.7 Å². The summed E-state index contributed by atoms with van der Waals surface area (Å²) in [6, 6.07) is 26.0. The first-order valence-corrected chi connectivity index (χ1v) is 25.1. The SMILES string of the molecule is C[C@@H]1C[C@@H](c2nc3c(F)cccc3s2)CCN1C[C@H](O)COc1cccc2occc12.C[C@H]1C[C@H](c2nc3c(F)cccc3s2)CCN1C[C@H](O)COc1cccc2occc12.O=C(O)C(=O)O.O=C(O)C(=O)O. The molecule has 4 aromatic carbocycles. The molecule has 6 atom stereocenters. The topological polar surface area (TPSA) is 267 Å². The Morgan fingerprint density at radius 3 is 1.34 bits per heavy atom. The normalized spacial score (nSPS) is 18.8. The Hall–Kier alpha value is -7.08. The number of carboxylic acids is 4. The molecule has 74 heavy (non-hydrogen) atoms. The first kappa shape index (κ1) is 54.7. The molecule has 0 bridgehead atoms. The highest BCUT2D eigenvalue weighted by Gasteiger charge is 2.31. The molecule has 0 unspecified atom stereocenters. The number of benzene rings is 4. The van der Waals surface area contributed by atoms with E-state index in [-0.39, 0.29) is 24.8 Å². The molecule has 0 radical (unpaired) electrons. The van der Waals surface area contributed by atoms with Crippen molar-refractivity contribution in [2.24, 2.45) is 0 Å². The van der Waals surface area contributed by atoms with Gasteiger partial charge in [-0.25, -0.2) is 37.9 Å². The minimum atomic E-state index is -1.82. The Kier molecular flexibility index (Phi) is 18.7. The molecule has 2 aliphatic heterocycles. The summed E-state index contributed by atoms with van der Waals surface area (Å²) in [5, 5.41) is 54.6. The molecule has 6 heterocycles. The molecule has 2 aliphatic rings. The molecule has 0 saturated carbocycles. The summed E-state index contributed by atoms with van der Waals surface area (Å²) in [6.07, 6.45) is 5.91. The lowest BCUT2D eigenvalue weighted by Gasteiger charge is -2.38. The van der Waals surface area contributed by atoms with E-state index >= 15 is 0 Å². The zero-order chi connectivity index (χ0) is 53.1. The van der Waals surface area contributed by atoms with E-state index < -0.39 is 36.1 Å². The minimum absolute atomic E-state index is 0.230. The summed E-state index contributed by atoms with van der Waals surface area (Å²) in [4.78, 5) is 50.2. The highest BCUT2D eigenvalue weighted by Crippen LogP contribution is 2.38. The number of hydrogen-bond acceptors (Lipinski definition) is 16. The average molecular weight is 1060 g/mol. The molecule has 8 aromatic rings. The Balaban J connectivity index is 0.000000177. The van der Waals surface area contributed by atoms with Crippen LogP contribution in [0.4, 0.5) is 8.78 Å². The number of halogens is 2. The van der Waals surface area contributed by atoms with Gasteiger partial charge in [0, 0.05) is 37.0 Å². The van der Waals surface area contributed by atoms with E-state index in [0.29, 0.717) is 48.0 Å². The van der Waals surface area contributed by atoms with Gasteiger partial charge in [-0.1, -0.05) is 24.3 Å². The van der Waals surface area contributed by atoms with Crippen LogP contribution in [0.2, 0.25) is 0 Å². The average Bonchev–Trinajstić information content (AvgIpc) is 4.22. The maximum atomic E-state index is 14.0. The van der Waals surface area contributed by atoms with E-state index in [1.807, 2.05) is 60.7 Å². The third-order valence-corrected chi connectivity index (χ3v) is 14.9. The van der Waals surface area contributed by atoms with Crippen LogP contribution in [0.5, 0.6) is 11.5 Å². The second-order valence-electron chi connectivity index (χ2n) is 17.7. The minimum Gasteiger partial charge on any atom is -0.490 e. The fourth-order valence-electron chi connectivity index (χ4n) is 8.85. The monoisotopic (exact) mass is 1060 g/mol. The van der Waals surface area contributed by atoms with Crippen molar-refractivity contribution in [1.82, 2.24) is 19.8 Å². The number of furan rings is 2. The molecule has 10 rings (SSSR count). The summed E-state index contributed by atoms with van der Waals surface area (Å²) in [7, 11) is 0. The van der Waals surface area contributed by atoms with Crippen molar-refractivity contribution in [3.63, 3.8) is 0 Å². The van der Waals surface area contributed by atoms with Crippen molar-refractivity contribution >= 4 is 88.9 Å². The number of aliphatic carboxylic acids is 4. The number of carboxylic acid groups (broad SMARTS) is 4. The number of para-hydroxylation sites is 2. The van der Waals surface area contributed by atoms with Crippen LogP contribution in [0.15, 0.2) is 106 Å². The van der Waals surface area contributed by atoms with Gasteiger partial charge in [-0.3, -0.25) is 9.80 Å². The smallest absolute Gasteiger partial charge is 0.414 e. The van der Waals surface area contributed by atoms with Gasteiger partial charge in [0.25, 0.3) is 0 Å². The van der Waals surface area contributed by atoms with Crippen LogP contribution in [0.25, 0.3) is 42.4 Å². The van der Waals surface area contributed by atoms with E-state index in [0.717, 1.165) is 91.6 Å². The van der Waals surface area contributed by atoms with Crippen LogP contribution in [-0.2, 0) is 19.2 Å². The summed E-state index contributed by atoms with van der Waals surface area (Å²) in [6.45, 7) is 7.69. The number of rotatable bonds is 12. The van der Waals surface area contributed by atoms with Crippen molar-refractivity contribution in [2.45, 2.75) is 75.7 Å². The number of piperidine rings is 2. The van der Waals surface area contributed by atoms with E-state index in [9.17, 15) is 19.0 Å². The summed E-state index contributed by atoms with van der Waals surface area (Å²) in [5.74, 6) is -5.69. The maximum Gasteiger partial charge on any atom is 0.414 e. The van der Waals surface area contributed by atoms with Gasteiger partial charge in [0.1, 0.15) is 70.8 Å². The number of β-amino-alcohol motifs (C(OH)–C–C–N with tert-alkyl or cyclic N) is 2. The molecular weight excluding hydrogens is 1010 g/mol. The van der Waals surface area contributed by atoms with Gasteiger partial charge in [-0.15, -0.1) is 22.7 Å². The number of ether oxygens (including phenoxy) is 2. The zero-order valence-electron chi connectivity index (χ0n) is 40.1. The van der Waals surface area contributed by atoms with E-state index in [2.05, 4.69) is 33.6 Å². The highest BCUT2D eigenvalue weighted by atomic mass is 32.1. The lowest BCUT2D eigenvalue weighted by atomic mass is 9.92. The number of carbonyl (C=O) groups is 4. The van der Waals surface area contributed by atoms with Crippen LogP contribution >= 0.6 is 22.7 Å². The van der Waals surface area contributed by atoms with E-state index in [1.54, 1.807) is 47.3 Å². The van der Waals surface area contributed by atoms with E-state index in [1.165, 1.54) is 12.1 Å². The molecule has 0 spiro atoms. The van der Waals surface area contributed by atoms with Crippen molar-refractivity contribution in [3.05, 3.63) is 119 Å². The van der Waals surface area contributed by atoms with Gasteiger partial charge >= 0.3 is 23.9 Å². The summed E-state index contributed by atoms with van der Waals surface area (Å²) in [5.41, 5.74) is 2.52. The molecule has 0 aliphatic carbocycles. The van der Waals surface area contributed by atoms with Gasteiger partial charge in [0.15, 0.2) is 0 Å². The van der Waals surface area contributed by atoms with Crippen LogP contribution in [0.3, 0.4) is 0 Å². The molecule has 4 aromatic heterocycles. The van der Waals surface area contributed by atoms with Crippen LogP contribution in [0.1, 0.15) is 61.4 Å². The van der Waals surface area contributed by atoms with Gasteiger partial charge in [-0.2, -0.15) is 0 Å². The number of thiazole rings is 2. The number of nitrogens with zero attached hydrogens (tertiary/aromatic N) is 4. The summed E-state index contributed by atoms with van der Waals surface area (Å²) >= 11 is 3.19. The maximum absolute atomic E-state index is 14.0. The van der Waals surface area contributed by atoms with E-state index in [4.69, 9.17) is 57.9 Å². The van der Waals surface area contributed by atoms with Crippen molar-refractivity contribution in [3.8, 4) is 11.5 Å². The third kappa shape index (κ3) is 14.1. The molecule has 2 fully saturated rings. The fraction of sp³-hybridized carbons (Fsp3) is 0.346. The molecule has 0 amide bonds. The van der Waals surface area contributed by atoms with Crippen LogP contribution in [-0.4, -0.2) is 138 Å². The first-order chi connectivity index (χ1) is 35.4. The van der Waals surface area contributed by atoms with Gasteiger partial charge in [0.2, 0.25) is 0 Å². The zero-order valence-corrected chi connectivity index (χ0v) is 41.7. The van der Waals surface area contributed by atoms with Crippen molar-refractivity contribution < 1.29 is 76.9 Å². The predicted octanol–water partition coefficient (Wildman–Crippen LogP) is 8.69. The van der Waals surface area contributed by atoms with Crippen molar-refractivity contribution in [2.75, 3.05) is 39.4 Å². The number of aliphatic hydroxyl groups is 2. The largest absolute Gasteiger partial charge is 0.490 e. The van der Waals surface area contributed by atoms with Crippen LogP contribution < -0.4 is 9.47 Å². The number of hydrogen-bond donors (Lipinski definition) is 6. The number of aliphatic hydroxyl groups excluding tert-OH is 2. The van der Waals surface area contributed by atoms with Gasteiger partial charge in [-0.05, 0) is 113 Å². The fourth-order valence-corrected chi connectivity index (χ4v) is 11.1. The molecule has 6 N–H and O–H groups in total. The molecule has 18 nitrogen and oxygen atoms in total. The number of aromatic nitrogens is 2. The van der Waals surface area contributed by atoms with Crippen LogP contribution in [0, 0.1) is 11.6 Å². The second kappa shape index (κ2) is 25.2. The third-order valence-electron chi connectivity index (χ3n) is 12.5. The van der Waals surface area contributed by atoms with Gasteiger partial charge < -0.3 is 48.9 Å².